The average molecular weight is 261 g/mol. The molecule has 1 aliphatic carbocycles. The summed E-state index contributed by atoms with van der Waals surface area (Å²) in [5, 5.41) is 19.3. The minimum absolute atomic E-state index is 0.154. The van der Waals surface area contributed by atoms with Gasteiger partial charge in [0, 0.05) is 18.2 Å². The van der Waals surface area contributed by atoms with Crippen LogP contribution in [0.3, 0.4) is 0 Å². The minimum atomic E-state index is 0.154. The van der Waals surface area contributed by atoms with Gasteiger partial charge < -0.3 is 10.2 Å². The number of fused-ring (bicyclic) bond motifs is 1. The molecule has 3 heteroatoms. The van der Waals surface area contributed by atoms with Crippen molar-refractivity contribution in [2.45, 2.75) is 51.1 Å². The first-order valence-electron chi connectivity index (χ1n) is 7.44. The summed E-state index contributed by atoms with van der Waals surface area (Å²) >= 11 is 0. The van der Waals surface area contributed by atoms with Crippen molar-refractivity contribution in [3.8, 4) is 11.5 Å². The van der Waals surface area contributed by atoms with E-state index in [1.807, 2.05) is 0 Å². The molecule has 0 bridgehead atoms. The van der Waals surface area contributed by atoms with E-state index < -0.39 is 0 Å². The molecule has 1 aromatic carbocycles. The first kappa shape index (κ1) is 12.8. The van der Waals surface area contributed by atoms with Gasteiger partial charge in [0.15, 0.2) is 0 Å². The van der Waals surface area contributed by atoms with Crippen molar-refractivity contribution in [3.63, 3.8) is 0 Å². The van der Waals surface area contributed by atoms with Crippen LogP contribution in [0.15, 0.2) is 18.2 Å². The van der Waals surface area contributed by atoms with Gasteiger partial charge in [0.1, 0.15) is 11.5 Å². The van der Waals surface area contributed by atoms with Gasteiger partial charge in [0.2, 0.25) is 0 Å². The fraction of sp³-hybridized carbons (Fsp3) is 0.625. The third-order valence-corrected chi connectivity index (χ3v) is 4.94. The number of nitrogens with zero attached hydrogens (tertiary/aromatic N) is 1. The second kappa shape index (κ2) is 5.04. The quantitative estimate of drug-likeness (QED) is 0.857. The van der Waals surface area contributed by atoms with E-state index in [4.69, 9.17) is 0 Å². The van der Waals surface area contributed by atoms with E-state index in [9.17, 15) is 10.2 Å². The topological polar surface area (TPSA) is 43.7 Å². The summed E-state index contributed by atoms with van der Waals surface area (Å²) in [6, 6.07) is 5.92. The number of benzene rings is 1. The zero-order chi connectivity index (χ0) is 13.4. The van der Waals surface area contributed by atoms with Gasteiger partial charge in [-0.15, -0.1) is 0 Å². The van der Waals surface area contributed by atoms with Crippen LogP contribution in [0.25, 0.3) is 0 Å². The Bertz CT molecular complexity index is 440. The minimum Gasteiger partial charge on any atom is -0.508 e. The van der Waals surface area contributed by atoms with E-state index in [-0.39, 0.29) is 17.5 Å². The highest BCUT2D eigenvalue weighted by Gasteiger charge is 2.37. The highest BCUT2D eigenvalue weighted by Crippen LogP contribution is 2.41. The fourth-order valence-electron chi connectivity index (χ4n) is 4.02. The van der Waals surface area contributed by atoms with Crippen molar-refractivity contribution in [2.24, 2.45) is 5.92 Å². The third kappa shape index (κ3) is 2.44. The van der Waals surface area contributed by atoms with Crippen molar-refractivity contribution in [3.05, 3.63) is 23.8 Å². The molecule has 2 N–H and O–H groups in total. The van der Waals surface area contributed by atoms with Gasteiger partial charge in [-0.1, -0.05) is 6.42 Å². The molecule has 3 atom stereocenters. The molecule has 2 aliphatic rings. The van der Waals surface area contributed by atoms with Crippen LogP contribution in [0.1, 0.15) is 50.6 Å². The fourth-order valence-corrected chi connectivity index (χ4v) is 4.02. The van der Waals surface area contributed by atoms with Gasteiger partial charge in [0.25, 0.3) is 0 Å². The van der Waals surface area contributed by atoms with Crippen LogP contribution in [-0.4, -0.2) is 27.7 Å². The second-order valence-corrected chi connectivity index (χ2v) is 6.10. The van der Waals surface area contributed by atoms with Crippen molar-refractivity contribution < 1.29 is 10.2 Å². The average Bonchev–Trinajstić information content (AvgIpc) is 2.84. The maximum atomic E-state index is 9.65. The van der Waals surface area contributed by atoms with E-state index in [0.717, 1.165) is 18.0 Å². The maximum Gasteiger partial charge on any atom is 0.119 e. The van der Waals surface area contributed by atoms with Crippen LogP contribution in [0.4, 0.5) is 0 Å². The predicted octanol–water partition coefficient (Wildman–Crippen LogP) is 3.42. The van der Waals surface area contributed by atoms with Crippen LogP contribution in [0, 0.1) is 5.92 Å². The monoisotopic (exact) mass is 261 g/mol. The molecule has 3 unspecified atom stereocenters. The predicted molar refractivity (Wildman–Crippen MR) is 75.3 cm³/mol. The molecule has 3 rings (SSSR count). The lowest BCUT2D eigenvalue weighted by molar-refractivity contribution is 0.0743. The maximum absolute atomic E-state index is 9.65. The lowest BCUT2D eigenvalue weighted by Gasteiger charge is -2.41. The number of likely N-dealkylation sites (tertiary alicyclic amines) is 1. The zero-order valence-electron chi connectivity index (χ0n) is 11.5. The van der Waals surface area contributed by atoms with Crippen molar-refractivity contribution in [1.82, 2.24) is 4.90 Å². The van der Waals surface area contributed by atoms with E-state index in [2.05, 4.69) is 11.8 Å². The summed E-state index contributed by atoms with van der Waals surface area (Å²) < 4.78 is 0. The molecule has 104 valence electrons. The molecule has 1 saturated heterocycles. The van der Waals surface area contributed by atoms with Crippen molar-refractivity contribution >= 4 is 0 Å². The van der Waals surface area contributed by atoms with Gasteiger partial charge >= 0.3 is 0 Å². The van der Waals surface area contributed by atoms with Gasteiger partial charge in [0.05, 0.1) is 0 Å². The lowest BCUT2D eigenvalue weighted by Crippen LogP contribution is -2.43. The highest BCUT2D eigenvalue weighted by molar-refractivity contribution is 5.38. The Kier molecular flexibility index (Phi) is 3.40. The first-order chi connectivity index (χ1) is 9.15. The van der Waals surface area contributed by atoms with Crippen LogP contribution >= 0.6 is 0 Å². The van der Waals surface area contributed by atoms with Gasteiger partial charge in [-0.3, -0.25) is 4.90 Å². The Hall–Kier alpha value is -1.22. The number of aromatic hydroxyl groups is 2. The lowest BCUT2D eigenvalue weighted by atomic mass is 9.89. The Morgan fingerprint density at radius 2 is 1.74 bits per heavy atom. The summed E-state index contributed by atoms with van der Waals surface area (Å²) in [6.45, 7) is 3.33. The molecule has 1 aromatic rings. The molecule has 1 heterocycles. The molecule has 0 amide bonds. The highest BCUT2D eigenvalue weighted by atomic mass is 16.3. The molecular formula is C16H23NO2. The Balaban J connectivity index is 1.84. The molecule has 1 aliphatic heterocycles. The SMILES string of the molecule is CC(c1cc(O)cc(O)c1)N1CCCC2CCCC21. The molecule has 1 saturated carbocycles. The molecule has 3 nitrogen and oxygen atoms in total. The Morgan fingerprint density at radius 1 is 1.05 bits per heavy atom. The number of phenolic OH excluding ortho intramolecular Hbond substituents is 2. The largest absolute Gasteiger partial charge is 0.508 e. The summed E-state index contributed by atoms with van der Waals surface area (Å²) in [5.74, 6) is 1.17. The van der Waals surface area contributed by atoms with Gasteiger partial charge in [-0.05, 0) is 62.8 Å². The number of hydrogen-bond donors (Lipinski definition) is 2. The molecule has 19 heavy (non-hydrogen) atoms. The number of piperidine rings is 1. The summed E-state index contributed by atoms with van der Waals surface area (Å²) in [5.41, 5.74) is 1.02. The first-order valence-corrected chi connectivity index (χ1v) is 7.44. The zero-order valence-corrected chi connectivity index (χ0v) is 11.5. The smallest absolute Gasteiger partial charge is 0.119 e. The number of phenols is 2. The van der Waals surface area contributed by atoms with Crippen LogP contribution < -0.4 is 0 Å². The van der Waals surface area contributed by atoms with Crippen LogP contribution in [0.5, 0.6) is 11.5 Å². The Morgan fingerprint density at radius 3 is 2.47 bits per heavy atom. The molecule has 0 spiro atoms. The summed E-state index contributed by atoms with van der Waals surface area (Å²) in [7, 11) is 0. The third-order valence-electron chi connectivity index (χ3n) is 4.94. The molecule has 0 aromatic heterocycles. The number of hydrogen-bond acceptors (Lipinski definition) is 3. The molecule has 2 fully saturated rings. The summed E-state index contributed by atoms with van der Waals surface area (Å²) in [4.78, 5) is 2.58. The van der Waals surface area contributed by atoms with E-state index >= 15 is 0 Å². The van der Waals surface area contributed by atoms with Gasteiger partial charge in [-0.25, -0.2) is 0 Å². The van der Waals surface area contributed by atoms with Crippen molar-refractivity contribution in [1.29, 1.82) is 0 Å². The van der Waals surface area contributed by atoms with Gasteiger partial charge in [-0.2, -0.15) is 0 Å². The van der Waals surface area contributed by atoms with Crippen LogP contribution in [0.2, 0.25) is 0 Å². The van der Waals surface area contributed by atoms with E-state index in [1.54, 1.807) is 12.1 Å². The molecule has 0 radical (unpaired) electrons. The summed E-state index contributed by atoms with van der Waals surface area (Å²) in [6.07, 6.45) is 6.68. The normalized spacial score (nSPS) is 29.1. The molecular weight excluding hydrogens is 238 g/mol. The van der Waals surface area contributed by atoms with Crippen LogP contribution in [-0.2, 0) is 0 Å². The van der Waals surface area contributed by atoms with E-state index in [0.29, 0.717) is 6.04 Å². The number of rotatable bonds is 2. The second-order valence-electron chi connectivity index (χ2n) is 6.10. The standard InChI is InChI=1S/C16H23NO2/c1-11(13-8-14(18)10-15(19)9-13)17-7-3-5-12-4-2-6-16(12)17/h8-12,16,18-19H,2-7H2,1H3. The Labute approximate surface area is 114 Å². The van der Waals surface area contributed by atoms with Crippen molar-refractivity contribution in [2.75, 3.05) is 6.54 Å². The van der Waals surface area contributed by atoms with E-state index in [1.165, 1.54) is 38.2 Å².